The van der Waals surface area contributed by atoms with Gasteiger partial charge in [0.05, 0.1) is 25.4 Å². The first-order valence-corrected chi connectivity index (χ1v) is 33.9. The number of nitrogens with one attached hydrogen (secondary N) is 1. The third-order valence-corrected chi connectivity index (χ3v) is 16.3. The minimum atomic E-state index is -5.08. The number of amides is 1. The first-order chi connectivity index (χ1) is 37.0. The van der Waals surface area contributed by atoms with Crippen LogP contribution in [0.25, 0.3) is 0 Å². The van der Waals surface area contributed by atoms with Gasteiger partial charge in [0.25, 0.3) is 0 Å². The molecule has 1 aliphatic rings. The molecule has 1 rings (SSSR count). The van der Waals surface area contributed by atoms with Crippen molar-refractivity contribution in [2.24, 2.45) is 0 Å². The fraction of sp³-hybridized carbons (Fsp3) is 0.952. The molecule has 1 saturated heterocycles. The van der Waals surface area contributed by atoms with Crippen molar-refractivity contribution < 1.29 is 51.8 Å². The van der Waals surface area contributed by atoms with E-state index < -0.39 is 59.9 Å². The molecule has 1 aliphatic heterocycles. The molecule has 452 valence electrons. The lowest BCUT2D eigenvalue weighted by molar-refractivity contribution is -0.298. The maximum Gasteiger partial charge on any atom is 0.397 e. The Kier molecular flexibility index (Phi) is 51.0. The zero-order chi connectivity index (χ0) is 55.4. The van der Waals surface area contributed by atoms with Gasteiger partial charge in [0, 0.05) is 6.42 Å². The number of ether oxygens (including phenoxy) is 2. The Morgan fingerprint density at radius 1 is 0.513 bits per heavy atom. The summed E-state index contributed by atoms with van der Waals surface area (Å²) in [4.78, 5) is 13.2. The molecule has 1 amide bonds. The smallest absolute Gasteiger partial charge is 0.394 e. The van der Waals surface area contributed by atoms with Gasteiger partial charge in [-0.15, -0.1) is 0 Å². The second-order valence-electron chi connectivity index (χ2n) is 23.1. The van der Waals surface area contributed by atoms with E-state index in [1.165, 1.54) is 250 Å². The van der Waals surface area contributed by atoms with Crippen LogP contribution < -0.4 is 5.32 Å². The second kappa shape index (κ2) is 53.2. The third-order valence-electron chi connectivity index (χ3n) is 15.8. The summed E-state index contributed by atoms with van der Waals surface area (Å²) in [6.07, 6.45) is 56.7. The number of unbranched alkanes of at least 4 members (excludes halogenated alkanes) is 44. The van der Waals surface area contributed by atoms with Crippen LogP contribution in [0.5, 0.6) is 0 Å². The molecule has 0 aromatic carbocycles. The zero-order valence-electron chi connectivity index (χ0n) is 49.4. The van der Waals surface area contributed by atoms with Gasteiger partial charge in [-0.1, -0.05) is 296 Å². The predicted molar refractivity (Wildman–Crippen MR) is 315 cm³/mol. The van der Waals surface area contributed by atoms with Crippen LogP contribution in [0.15, 0.2) is 12.2 Å². The van der Waals surface area contributed by atoms with Gasteiger partial charge in [0.2, 0.25) is 5.91 Å². The van der Waals surface area contributed by atoms with Gasteiger partial charge in [-0.3, -0.25) is 9.35 Å². The van der Waals surface area contributed by atoms with E-state index in [2.05, 4.69) is 35.5 Å². The molecule has 7 atom stereocenters. The highest BCUT2D eigenvalue weighted by Gasteiger charge is 2.48. The summed E-state index contributed by atoms with van der Waals surface area (Å²) in [5, 5.41) is 45.2. The molecule has 1 fully saturated rings. The summed E-state index contributed by atoms with van der Waals surface area (Å²) in [7, 11) is -5.08. The monoisotopic (exact) mass is 1100 g/mol. The Balaban J connectivity index is 2.22. The maximum atomic E-state index is 13.2. The van der Waals surface area contributed by atoms with Crippen LogP contribution in [0.4, 0.5) is 0 Å². The summed E-state index contributed by atoms with van der Waals surface area (Å²) in [6.45, 7) is 3.51. The van der Waals surface area contributed by atoms with Crippen molar-refractivity contribution in [3.63, 3.8) is 0 Å². The average Bonchev–Trinajstić information content (AvgIpc) is 3.40. The van der Waals surface area contributed by atoms with Crippen LogP contribution >= 0.6 is 0 Å². The Morgan fingerprint density at radius 2 is 0.842 bits per heavy atom. The number of carbonyl (C=O) groups is 1. The average molecular weight is 1100 g/mol. The summed E-state index contributed by atoms with van der Waals surface area (Å²) in [5.41, 5.74) is 0. The van der Waals surface area contributed by atoms with E-state index in [4.69, 9.17) is 9.47 Å². The van der Waals surface area contributed by atoms with E-state index in [0.717, 1.165) is 51.4 Å². The third kappa shape index (κ3) is 44.6. The summed E-state index contributed by atoms with van der Waals surface area (Å²) < 4.78 is 48.0. The molecule has 0 aliphatic carbocycles. The molecule has 0 aromatic rings. The Labute approximate surface area is 468 Å². The number of allylic oxidation sites excluding steroid dienone is 2. The standard InChI is InChI=1S/C63H123NO11S/c1-3-5-7-9-11-13-15-17-19-21-22-23-24-25-26-27-28-29-30-31-32-33-34-35-37-39-41-43-45-47-49-51-53-59(67)64-56(55-73-63-61(69)62(75-76(70,71)72)60(68)58(54-65)74-63)57(66)52-50-48-46-44-42-40-38-36-20-18-16-14-12-10-8-6-4-2/h25-26,56-58,60-63,65-66,68-69H,3-24,27-55H2,1-2H3,(H,64,67)(H,70,71,72)/b26-25-. The lowest BCUT2D eigenvalue weighted by Gasteiger charge is -2.41. The summed E-state index contributed by atoms with van der Waals surface area (Å²) in [5.74, 6) is -0.223. The van der Waals surface area contributed by atoms with Gasteiger partial charge in [-0.05, 0) is 38.5 Å². The fourth-order valence-corrected chi connectivity index (χ4v) is 11.3. The lowest BCUT2D eigenvalue weighted by Crippen LogP contribution is -2.61. The van der Waals surface area contributed by atoms with Crippen molar-refractivity contribution in [3.8, 4) is 0 Å². The molecule has 76 heavy (non-hydrogen) atoms. The molecule has 0 spiro atoms. The van der Waals surface area contributed by atoms with E-state index in [-0.39, 0.29) is 12.5 Å². The largest absolute Gasteiger partial charge is 0.397 e. The molecule has 1 heterocycles. The Bertz CT molecular complexity index is 1390. The van der Waals surface area contributed by atoms with Gasteiger partial charge >= 0.3 is 10.4 Å². The first kappa shape index (κ1) is 72.9. The maximum absolute atomic E-state index is 13.2. The molecule has 7 unspecified atom stereocenters. The normalized spacial score (nSPS) is 19.0. The van der Waals surface area contributed by atoms with Crippen LogP contribution in [0.1, 0.15) is 328 Å². The molecule has 0 radical (unpaired) electrons. The number of hydrogen-bond donors (Lipinski definition) is 6. The fourth-order valence-electron chi connectivity index (χ4n) is 10.8. The van der Waals surface area contributed by atoms with Crippen LogP contribution in [-0.4, -0.2) is 95.4 Å². The molecule has 13 heteroatoms. The minimum absolute atomic E-state index is 0.223. The quantitative estimate of drug-likeness (QED) is 0.0193. The van der Waals surface area contributed by atoms with Crippen LogP contribution in [0.2, 0.25) is 0 Å². The van der Waals surface area contributed by atoms with Gasteiger partial charge in [0.15, 0.2) is 6.29 Å². The van der Waals surface area contributed by atoms with Crippen molar-refractivity contribution in [1.29, 1.82) is 0 Å². The highest BCUT2D eigenvalue weighted by atomic mass is 32.3. The highest BCUT2D eigenvalue weighted by Crippen LogP contribution is 2.26. The molecule has 12 nitrogen and oxygen atoms in total. The Morgan fingerprint density at radius 3 is 1.18 bits per heavy atom. The van der Waals surface area contributed by atoms with Gasteiger partial charge in [-0.2, -0.15) is 8.42 Å². The molecule has 0 bridgehead atoms. The van der Waals surface area contributed by atoms with Crippen molar-refractivity contribution in [1.82, 2.24) is 5.32 Å². The van der Waals surface area contributed by atoms with Crippen LogP contribution in [0, 0.1) is 0 Å². The van der Waals surface area contributed by atoms with E-state index in [0.29, 0.717) is 12.8 Å². The topological polar surface area (TPSA) is 192 Å². The number of aliphatic hydroxyl groups is 4. The number of carbonyl (C=O) groups excluding carboxylic acids is 1. The van der Waals surface area contributed by atoms with Crippen molar-refractivity contribution >= 4 is 16.3 Å². The lowest BCUT2D eigenvalue weighted by atomic mass is 9.99. The van der Waals surface area contributed by atoms with E-state index in [1.807, 2.05) is 0 Å². The van der Waals surface area contributed by atoms with E-state index in [1.54, 1.807) is 0 Å². The van der Waals surface area contributed by atoms with E-state index >= 15 is 0 Å². The highest BCUT2D eigenvalue weighted by molar-refractivity contribution is 7.80. The summed E-state index contributed by atoms with van der Waals surface area (Å²) in [6, 6.07) is -0.856. The molecule has 0 aromatic heterocycles. The summed E-state index contributed by atoms with van der Waals surface area (Å²) >= 11 is 0. The Hall–Kier alpha value is -1.16. The molecular weight excluding hydrogens is 979 g/mol. The number of hydrogen-bond acceptors (Lipinski definition) is 10. The molecule has 0 saturated carbocycles. The predicted octanol–water partition coefficient (Wildman–Crippen LogP) is 16.2. The minimum Gasteiger partial charge on any atom is -0.394 e. The van der Waals surface area contributed by atoms with Crippen LogP contribution in [0.3, 0.4) is 0 Å². The van der Waals surface area contributed by atoms with Gasteiger partial charge in [0.1, 0.15) is 24.4 Å². The zero-order valence-corrected chi connectivity index (χ0v) is 50.2. The second-order valence-corrected chi connectivity index (χ2v) is 24.1. The molecule has 6 N–H and O–H groups in total. The van der Waals surface area contributed by atoms with Crippen molar-refractivity contribution in [3.05, 3.63) is 12.2 Å². The van der Waals surface area contributed by atoms with E-state index in [9.17, 15) is 38.2 Å². The van der Waals surface area contributed by atoms with Gasteiger partial charge < -0.3 is 35.2 Å². The number of aliphatic hydroxyl groups excluding tert-OH is 4. The SMILES string of the molecule is CCCCCCCCCCCCCC/C=C\CCCCCCCCCCCCCCCCCCC(=O)NC(COC1OC(CO)C(O)C(OS(=O)(=O)O)C1O)C(O)CCCCCCCCCCCCCCCCCCC. The first-order valence-electron chi connectivity index (χ1n) is 32.6. The van der Waals surface area contributed by atoms with Crippen molar-refractivity contribution in [2.45, 2.75) is 371 Å². The number of rotatable bonds is 58. The van der Waals surface area contributed by atoms with Gasteiger partial charge in [-0.25, -0.2) is 4.18 Å². The molecular formula is C63H123NO11S. The van der Waals surface area contributed by atoms with Crippen LogP contribution in [-0.2, 0) is 28.9 Å². The van der Waals surface area contributed by atoms with Crippen molar-refractivity contribution in [2.75, 3.05) is 13.2 Å².